The molecule has 1 aromatic heterocycles. The standard InChI is InChI=1S/C13H22N2O2/c1-9(2)6-11(8-16)14-7-12-13(17)5-4-10(3)15-12/h4-5,9,11,14,16-17H,6-8H2,1-3H3. The van der Waals surface area contributed by atoms with Gasteiger partial charge in [-0.1, -0.05) is 13.8 Å². The molecular weight excluding hydrogens is 216 g/mol. The molecule has 0 aliphatic rings. The van der Waals surface area contributed by atoms with Crippen molar-refractivity contribution in [1.82, 2.24) is 10.3 Å². The van der Waals surface area contributed by atoms with Crippen molar-refractivity contribution in [2.24, 2.45) is 5.92 Å². The second-order valence-corrected chi connectivity index (χ2v) is 4.81. The SMILES string of the molecule is Cc1ccc(O)c(CNC(CO)CC(C)C)n1. The highest BCUT2D eigenvalue weighted by Gasteiger charge is 2.11. The van der Waals surface area contributed by atoms with Gasteiger partial charge in [-0.3, -0.25) is 4.98 Å². The van der Waals surface area contributed by atoms with Gasteiger partial charge in [-0.25, -0.2) is 0 Å². The number of hydrogen-bond acceptors (Lipinski definition) is 4. The number of aromatic nitrogens is 1. The van der Waals surface area contributed by atoms with Gasteiger partial charge in [0.15, 0.2) is 0 Å². The zero-order chi connectivity index (χ0) is 12.8. The average Bonchev–Trinajstić information content (AvgIpc) is 2.28. The van der Waals surface area contributed by atoms with Gasteiger partial charge in [0.1, 0.15) is 5.75 Å². The highest BCUT2D eigenvalue weighted by molar-refractivity contribution is 5.27. The van der Waals surface area contributed by atoms with Crippen LogP contribution in [0.1, 0.15) is 31.7 Å². The number of nitrogens with one attached hydrogen (secondary N) is 1. The van der Waals surface area contributed by atoms with Crippen LogP contribution >= 0.6 is 0 Å². The molecule has 0 saturated carbocycles. The smallest absolute Gasteiger partial charge is 0.138 e. The van der Waals surface area contributed by atoms with Crippen molar-refractivity contribution in [3.63, 3.8) is 0 Å². The van der Waals surface area contributed by atoms with E-state index in [4.69, 9.17) is 0 Å². The third-order valence-electron chi connectivity index (χ3n) is 2.62. The van der Waals surface area contributed by atoms with Crippen LogP contribution in [-0.4, -0.2) is 27.8 Å². The van der Waals surface area contributed by atoms with Gasteiger partial charge in [0, 0.05) is 18.3 Å². The van der Waals surface area contributed by atoms with E-state index >= 15 is 0 Å². The topological polar surface area (TPSA) is 65.4 Å². The second-order valence-electron chi connectivity index (χ2n) is 4.81. The van der Waals surface area contributed by atoms with E-state index in [0.29, 0.717) is 18.2 Å². The monoisotopic (exact) mass is 238 g/mol. The summed E-state index contributed by atoms with van der Waals surface area (Å²) in [6.07, 6.45) is 0.906. The molecule has 0 radical (unpaired) electrons. The maximum atomic E-state index is 9.64. The normalized spacial score (nSPS) is 13.0. The quantitative estimate of drug-likeness (QED) is 0.704. The Labute approximate surface area is 103 Å². The van der Waals surface area contributed by atoms with Crippen LogP contribution in [0.5, 0.6) is 5.75 Å². The molecule has 0 bridgehead atoms. The van der Waals surface area contributed by atoms with E-state index < -0.39 is 0 Å². The predicted octanol–water partition coefficient (Wildman–Crippen LogP) is 1.59. The van der Waals surface area contributed by atoms with Crippen molar-refractivity contribution in [3.05, 3.63) is 23.5 Å². The van der Waals surface area contributed by atoms with Gasteiger partial charge in [0.2, 0.25) is 0 Å². The number of nitrogens with zero attached hydrogens (tertiary/aromatic N) is 1. The fourth-order valence-electron chi connectivity index (χ4n) is 1.77. The van der Waals surface area contributed by atoms with Gasteiger partial charge in [-0.15, -0.1) is 0 Å². The molecule has 0 spiro atoms. The third kappa shape index (κ3) is 4.71. The third-order valence-corrected chi connectivity index (χ3v) is 2.62. The van der Waals surface area contributed by atoms with E-state index in [1.807, 2.05) is 6.92 Å². The van der Waals surface area contributed by atoms with Gasteiger partial charge in [-0.05, 0) is 31.4 Å². The highest BCUT2D eigenvalue weighted by atomic mass is 16.3. The second kappa shape index (κ2) is 6.57. The summed E-state index contributed by atoms with van der Waals surface area (Å²) in [6, 6.07) is 3.48. The molecule has 0 saturated heterocycles. The number of aryl methyl sites for hydroxylation is 1. The summed E-state index contributed by atoms with van der Waals surface area (Å²) in [5, 5.41) is 22.1. The molecule has 1 aromatic rings. The summed E-state index contributed by atoms with van der Waals surface area (Å²) in [5.74, 6) is 0.725. The van der Waals surface area contributed by atoms with Crippen molar-refractivity contribution < 1.29 is 10.2 Å². The lowest BCUT2D eigenvalue weighted by Gasteiger charge is -2.18. The van der Waals surface area contributed by atoms with Crippen molar-refractivity contribution in [1.29, 1.82) is 0 Å². The molecule has 4 heteroatoms. The van der Waals surface area contributed by atoms with E-state index in [9.17, 15) is 10.2 Å². The van der Waals surface area contributed by atoms with Crippen molar-refractivity contribution in [3.8, 4) is 5.75 Å². The predicted molar refractivity (Wildman–Crippen MR) is 67.8 cm³/mol. The Kier molecular flexibility index (Phi) is 5.38. The number of aliphatic hydroxyl groups excluding tert-OH is 1. The molecule has 0 aliphatic heterocycles. The van der Waals surface area contributed by atoms with Gasteiger partial charge in [0.25, 0.3) is 0 Å². The first kappa shape index (κ1) is 13.9. The Morgan fingerprint density at radius 1 is 1.35 bits per heavy atom. The number of aromatic hydroxyl groups is 1. The lowest BCUT2D eigenvalue weighted by molar-refractivity contribution is 0.222. The molecule has 0 fully saturated rings. The largest absolute Gasteiger partial charge is 0.506 e. The van der Waals surface area contributed by atoms with E-state index in [1.54, 1.807) is 12.1 Å². The zero-order valence-corrected chi connectivity index (χ0v) is 10.8. The van der Waals surface area contributed by atoms with Crippen LogP contribution in [0.25, 0.3) is 0 Å². The van der Waals surface area contributed by atoms with Crippen molar-refractivity contribution in [2.45, 2.75) is 39.8 Å². The van der Waals surface area contributed by atoms with Crippen LogP contribution in [0, 0.1) is 12.8 Å². The first-order valence-electron chi connectivity index (χ1n) is 6.02. The van der Waals surface area contributed by atoms with E-state index in [1.165, 1.54) is 0 Å². The lowest BCUT2D eigenvalue weighted by Crippen LogP contribution is -2.33. The van der Waals surface area contributed by atoms with Gasteiger partial charge in [-0.2, -0.15) is 0 Å². The molecule has 3 N–H and O–H groups in total. The summed E-state index contributed by atoms with van der Waals surface area (Å²) >= 11 is 0. The first-order chi connectivity index (χ1) is 8.02. The number of hydrogen-bond donors (Lipinski definition) is 3. The molecule has 0 amide bonds. The van der Waals surface area contributed by atoms with E-state index in [-0.39, 0.29) is 18.4 Å². The molecule has 96 valence electrons. The fraction of sp³-hybridized carbons (Fsp3) is 0.615. The summed E-state index contributed by atoms with van der Waals surface area (Å²) < 4.78 is 0. The molecular formula is C13H22N2O2. The van der Waals surface area contributed by atoms with Crippen LogP contribution < -0.4 is 5.32 Å². The van der Waals surface area contributed by atoms with E-state index in [2.05, 4.69) is 24.1 Å². The van der Waals surface area contributed by atoms with Gasteiger partial charge in [0.05, 0.1) is 12.3 Å². The van der Waals surface area contributed by atoms with Crippen LogP contribution in [0.4, 0.5) is 0 Å². The first-order valence-corrected chi connectivity index (χ1v) is 6.02. The molecule has 1 atom stereocenters. The minimum Gasteiger partial charge on any atom is -0.506 e. The maximum Gasteiger partial charge on any atom is 0.138 e. The molecule has 0 aliphatic carbocycles. The molecule has 4 nitrogen and oxygen atoms in total. The van der Waals surface area contributed by atoms with Crippen LogP contribution in [0.2, 0.25) is 0 Å². The van der Waals surface area contributed by atoms with E-state index in [0.717, 1.165) is 12.1 Å². The lowest BCUT2D eigenvalue weighted by atomic mass is 10.0. The molecule has 17 heavy (non-hydrogen) atoms. The number of rotatable bonds is 6. The molecule has 1 unspecified atom stereocenters. The summed E-state index contributed by atoms with van der Waals surface area (Å²) in [6.45, 7) is 6.70. The van der Waals surface area contributed by atoms with Gasteiger partial charge >= 0.3 is 0 Å². The Bertz CT molecular complexity index is 353. The molecule has 1 rings (SSSR count). The minimum absolute atomic E-state index is 0.0525. The fourth-order valence-corrected chi connectivity index (χ4v) is 1.77. The summed E-state index contributed by atoms with van der Waals surface area (Å²) in [5.41, 5.74) is 1.51. The summed E-state index contributed by atoms with van der Waals surface area (Å²) in [4.78, 5) is 4.26. The average molecular weight is 238 g/mol. The molecule has 1 heterocycles. The number of pyridine rings is 1. The minimum atomic E-state index is 0.0525. The maximum absolute atomic E-state index is 9.64. The van der Waals surface area contributed by atoms with Crippen LogP contribution in [-0.2, 0) is 6.54 Å². The molecule has 0 aromatic carbocycles. The van der Waals surface area contributed by atoms with Crippen molar-refractivity contribution in [2.75, 3.05) is 6.61 Å². The van der Waals surface area contributed by atoms with Gasteiger partial charge < -0.3 is 15.5 Å². The Morgan fingerprint density at radius 2 is 2.06 bits per heavy atom. The Hall–Kier alpha value is -1.13. The van der Waals surface area contributed by atoms with Crippen LogP contribution in [0.15, 0.2) is 12.1 Å². The van der Waals surface area contributed by atoms with Crippen LogP contribution in [0.3, 0.4) is 0 Å². The Morgan fingerprint density at radius 3 is 2.65 bits per heavy atom. The van der Waals surface area contributed by atoms with Crippen molar-refractivity contribution >= 4 is 0 Å². The number of aliphatic hydroxyl groups is 1. The summed E-state index contributed by atoms with van der Waals surface area (Å²) in [7, 11) is 0. The highest BCUT2D eigenvalue weighted by Crippen LogP contribution is 2.15. The zero-order valence-electron chi connectivity index (χ0n) is 10.8. The Balaban J connectivity index is 2.56.